The molecule has 5 heteroatoms. The molecule has 1 fully saturated rings. The van der Waals surface area contributed by atoms with Gasteiger partial charge in [0.1, 0.15) is 5.82 Å². The van der Waals surface area contributed by atoms with Gasteiger partial charge in [-0.05, 0) is 38.8 Å². The summed E-state index contributed by atoms with van der Waals surface area (Å²) < 4.78 is 0. The van der Waals surface area contributed by atoms with Crippen LogP contribution < -0.4 is 11.1 Å². The summed E-state index contributed by atoms with van der Waals surface area (Å²) in [7, 11) is 0. The number of nitrogen functional groups attached to an aromatic ring is 1. The lowest BCUT2D eigenvalue weighted by atomic mass is 10.0. The molecule has 0 radical (unpaired) electrons. The van der Waals surface area contributed by atoms with Gasteiger partial charge in [0.2, 0.25) is 0 Å². The second-order valence-electron chi connectivity index (χ2n) is 5.25. The number of nitrogens with two attached hydrogens (primary N) is 1. The molecule has 1 aromatic heterocycles. The van der Waals surface area contributed by atoms with Crippen molar-refractivity contribution >= 4 is 23.1 Å². The molecule has 3 N–H and O–H groups in total. The van der Waals surface area contributed by atoms with Crippen LogP contribution in [-0.2, 0) is 0 Å². The van der Waals surface area contributed by atoms with Crippen LogP contribution in [0.25, 0.3) is 0 Å². The zero-order valence-corrected chi connectivity index (χ0v) is 12.3. The van der Waals surface area contributed by atoms with Crippen LogP contribution in [0.2, 0.25) is 5.02 Å². The van der Waals surface area contributed by atoms with Crippen molar-refractivity contribution in [1.29, 1.82) is 0 Å². The topological polar surface area (TPSA) is 54.2 Å². The minimum absolute atomic E-state index is 0.574. The van der Waals surface area contributed by atoms with E-state index < -0.39 is 0 Å². The lowest BCUT2D eigenvalue weighted by Gasteiger charge is -2.33. The summed E-state index contributed by atoms with van der Waals surface area (Å²) in [6, 6.07) is 2.45. The van der Waals surface area contributed by atoms with Crippen molar-refractivity contribution in [2.45, 2.75) is 38.6 Å². The van der Waals surface area contributed by atoms with E-state index in [9.17, 15) is 0 Å². The van der Waals surface area contributed by atoms with Crippen LogP contribution in [0, 0.1) is 0 Å². The van der Waals surface area contributed by atoms with E-state index in [-0.39, 0.29) is 0 Å². The van der Waals surface area contributed by atoms with Crippen LogP contribution in [0.1, 0.15) is 32.6 Å². The van der Waals surface area contributed by atoms with Crippen molar-refractivity contribution in [3.63, 3.8) is 0 Å². The van der Waals surface area contributed by atoms with Gasteiger partial charge in [0.25, 0.3) is 0 Å². The molecular formula is C14H23ClN4. The molecule has 1 aliphatic rings. The highest BCUT2D eigenvalue weighted by Crippen LogP contribution is 2.19. The van der Waals surface area contributed by atoms with Crippen LogP contribution in [0.15, 0.2) is 12.3 Å². The summed E-state index contributed by atoms with van der Waals surface area (Å²) >= 11 is 5.82. The number of anilines is 2. The Morgan fingerprint density at radius 2 is 2.37 bits per heavy atom. The Hall–Kier alpha value is -1.00. The van der Waals surface area contributed by atoms with E-state index in [2.05, 4.69) is 22.1 Å². The van der Waals surface area contributed by atoms with Crippen molar-refractivity contribution in [3.05, 3.63) is 17.3 Å². The van der Waals surface area contributed by atoms with Crippen LogP contribution in [0.3, 0.4) is 0 Å². The van der Waals surface area contributed by atoms with Crippen LogP contribution in [0.5, 0.6) is 0 Å². The number of piperidine rings is 1. The molecular weight excluding hydrogens is 260 g/mol. The summed E-state index contributed by atoms with van der Waals surface area (Å²) in [5.74, 6) is 0.732. The molecule has 0 aliphatic carbocycles. The SMILES string of the molecule is CC1CCCCN1CCCNc1ncc(Cl)cc1N. The molecule has 1 aliphatic heterocycles. The molecule has 1 aromatic rings. The van der Waals surface area contributed by atoms with Gasteiger partial charge in [0.05, 0.1) is 10.7 Å². The fraction of sp³-hybridized carbons (Fsp3) is 0.643. The van der Waals surface area contributed by atoms with Crippen LogP contribution >= 0.6 is 11.6 Å². The van der Waals surface area contributed by atoms with E-state index in [0.29, 0.717) is 10.7 Å². The molecule has 0 amide bonds. The fourth-order valence-corrected chi connectivity index (χ4v) is 2.75. The Bertz CT molecular complexity index is 410. The average Bonchev–Trinajstić information content (AvgIpc) is 2.38. The van der Waals surface area contributed by atoms with Crippen molar-refractivity contribution in [2.24, 2.45) is 0 Å². The highest BCUT2D eigenvalue weighted by atomic mass is 35.5. The van der Waals surface area contributed by atoms with Crippen molar-refractivity contribution in [3.8, 4) is 0 Å². The van der Waals surface area contributed by atoms with Gasteiger partial charge in [-0.2, -0.15) is 0 Å². The average molecular weight is 283 g/mol. The Kier molecular flexibility index (Phi) is 5.28. The molecule has 1 unspecified atom stereocenters. The number of aromatic nitrogens is 1. The lowest BCUT2D eigenvalue weighted by molar-refractivity contribution is 0.160. The second kappa shape index (κ2) is 6.96. The lowest BCUT2D eigenvalue weighted by Crippen LogP contribution is -2.38. The van der Waals surface area contributed by atoms with Gasteiger partial charge >= 0.3 is 0 Å². The maximum Gasteiger partial charge on any atom is 0.149 e. The highest BCUT2D eigenvalue weighted by molar-refractivity contribution is 6.30. The van der Waals surface area contributed by atoms with Crippen molar-refractivity contribution in [1.82, 2.24) is 9.88 Å². The third-order valence-corrected chi connectivity index (χ3v) is 3.95. The molecule has 0 saturated carbocycles. The third kappa shape index (κ3) is 4.25. The number of halogens is 1. The summed E-state index contributed by atoms with van der Waals surface area (Å²) in [6.45, 7) is 5.59. The van der Waals surface area contributed by atoms with Gasteiger partial charge in [-0.15, -0.1) is 0 Å². The molecule has 1 saturated heterocycles. The zero-order chi connectivity index (χ0) is 13.7. The Labute approximate surface area is 120 Å². The Balaban J connectivity index is 1.71. The molecule has 1 atom stereocenters. The molecule has 0 bridgehead atoms. The van der Waals surface area contributed by atoms with Crippen molar-refractivity contribution < 1.29 is 0 Å². The van der Waals surface area contributed by atoms with E-state index in [1.807, 2.05) is 0 Å². The first-order chi connectivity index (χ1) is 9.16. The number of hydrogen-bond acceptors (Lipinski definition) is 4. The molecule has 4 nitrogen and oxygen atoms in total. The highest BCUT2D eigenvalue weighted by Gasteiger charge is 2.17. The maximum absolute atomic E-state index is 5.85. The van der Waals surface area contributed by atoms with Crippen LogP contribution in [0.4, 0.5) is 11.5 Å². The van der Waals surface area contributed by atoms with Gasteiger partial charge in [0.15, 0.2) is 0 Å². The van der Waals surface area contributed by atoms with E-state index in [0.717, 1.165) is 31.4 Å². The maximum atomic E-state index is 5.85. The predicted molar refractivity (Wildman–Crippen MR) is 81.7 cm³/mol. The summed E-state index contributed by atoms with van der Waals surface area (Å²) in [4.78, 5) is 6.77. The molecule has 2 heterocycles. The number of nitrogens with zero attached hydrogens (tertiary/aromatic N) is 2. The minimum Gasteiger partial charge on any atom is -0.396 e. The summed E-state index contributed by atoms with van der Waals surface area (Å²) in [5.41, 5.74) is 6.46. The normalized spacial score (nSPS) is 20.4. The van der Waals surface area contributed by atoms with Gasteiger partial charge in [-0.25, -0.2) is 4.98 Å². The quantitative estimate of drug-likeness (QED) is 0.815. The second-order valence-corrected chi connectivity index (χ2v) is 5.69. The van der Waals surface area contributed by atoms with E-state index in [1.165, 1.54) is 25.8 Å². The van der Waals surface area contributed by atoms with Gasteiger partial charge < -0.3 is 16.0 Å². The summed E-state index contributed by atoms with van der Waals surface area (Å²) in [6.07, 6.45) is 6.77. The van der Waals surface area contributed by atoms with E-state index in [1.54, 1.807) is 12.3 Å². The number of rotatable bonds is 5. The monoisotopic (exact) mass is 282 g/mol. The minimum atomic E-state index is 0.574. The largest absolute Gasteiger partial charge is 0.396 e. The molecule has 0 aromatic carbocycles. The molecule has 19 heavy (non-hydrogen) atoms. The smallest absolute Gasteiger partial charge is 0.149 e. The standard InChI is InChI=1S/C14H23ClN4/c1-11-5-2-3-7-19(11)8-4-6-17-14-13(16)9-12(15)10-18-14/h9-11H,2-8,16H2,1H3,(H,17,18). The Morgan fingerprint density at radius 3 is 3.11 bits per heavy atom. The number of nitrogens with one attached hydrogen (secondary N) is 1. The molecule has 0 spiro atoms. The predicted octanol–water partition coefficient (Wildman–Crippen LogP) is 2.99. The Morgan fingerprint density at radius 1 is 1.53 bits per heavy atom. The molecule has 106 valence electrons. The fourth-order valence-electron chi connectivity index (χ4n) is 2.58. The first-order valence-corrected chi connectivity index (χ1v) is 7.43. The number of pyridine rings is 1. The first-order valence-electron chi connectivity index (χ1n) is 7.06. The number of likely N-dealkylation sites (tertiary alicyclic amines) is 1. The third-order valence-electron chi connectivity index (χ3n) is 3.74. The van der Waals surface area contributed by atoms with Gasteiger partial charge in [-0.1, -0.05) is 18.0 Å². The van der Waals surface area contributed by atoms with E-state index in [4.69, 9.17) is 17.3 Å². The van der Waals surface area contributed by atoms with Gasteiger partial charge in [0, 0.05) is 25.3 Å². The number of hydrogen-bond donors (Lipinski definition) is 2. The van der Waals surface area contributed by atoms with Crippen LogP contribution in [-0.4, -0.2) is 35.6 Å². The zero-order valence-electron chi connectivity index (χ0n) is 11.5. The van der Waals surface area contributed by atoms with Gasteiger partial charge in [-0.3, -0.25) is 0 Å². The van der Waals surface area contributed by atoms with Crippen molar-refractivity contribution in [2.75, 3.05) is 30.7 Å². The van der Waals surface area contributed by atoms with E-state index >= 15 is 0 Å². The first kappa shape index (κ1) is 14.4. The molecule has 2 rings (SSSR count). The summed E-state index contributed by atoms with van der Waals surface area (Å²) in [5, 5.41) is 3.85.